The summed E-state index contributed by atoms with van der Waals surface area (Å²) < 4.78 is 17.6. The Hall–Kier alpha value is -1.70. The van der Waals surface area contributed by atoms with E-state index < -0.39 is 33.7 Å². The first-order chi connectivity index (χ1) is 7.40. The number of nitro groups is 1. The highest BCUT2D eigenvalue weighted by atomic mass is 79.9. The van der Waals surface area contributed by atoms with E-state index in [9.17, 15) is 24.4 Å². The molecule has 0 bridgehead atoms. The summed E-state index contributed by atoms with van der Waals surface area (Å²) in [7, 11) is 1.01. The van der Waals surface area contributed by atoms with Crippen molar-refractivity contribution in [1.82, 2.24) is 0 Å². The third-order valence-corrected chi connectivity index (χ3v) is 2.36. The maximum absolute atomic E-state index is 13.5. The Morgan fingerprint density at radius 1 is 1.69 bits per heavy atom. The number of rotatable bonds is 2. The summed E-state index contributed by atoms with van der Waals surface area (Å²) in [4.78, 5) is 20.5. The van der Waals surface area contributed by atoms with Crippen LogP contribution in [-0.4, -0.2) is 23.1 Å². The lowest BCUT2D eigenvalue weighted by atomic mass is 10.1. The third-order valence-electron chi connectivity index (χ3n) is 1.75. The van der Waals surface area contributed by atoms with Gasteiger partial charge < -0.3 is 9.84 Å². The maximum atomic E-state index is 13.5. The zero-order valence-corrected chi connectivity index (χ0v) is 9.45. The SMILES string of the molecule is COC(=O)c1cc(Br)c(O)c([N+](=O)[O-])c1F. The number of carbonyl (C=O) groups is 1. The monoisotopic (exact) mass is 293 g/mol. The number of methoxy groups -OCH3 is 1. The van der Waals surface area contributed by atoms with Crippen molar-refractivity contribution in [3.8, 4) is 5.75 Å². The smallest absolute Gasteiger partial charge is 0.348 e. The van der Waals surface area contributed by atoms with Crippen molar-refractivity contribution in [3.05, 3.63) is 32.0 Å². The van der Waals surface area contributed by atoms with Crippen molar-refractivity contribution in [2.75, 3.05) is 7.11 Å². The van der Waals surface area contributed by atoms with Crippen LogP contribution in [-0.2, 0) is 4.74 Å². The van der Waals surface area contributed by atoms with Gasteiger partial charge in [0.2, 0.25) is 11.6 Å². The molecule has 0 aliphatic rings. The number of hydrogen-bond acceptors (Lipinski definition) is 5. The molecule has 0 unspecified atom stereocenters. The fourth-order valence-electron chi connectivity index (χ4n) is 1.03. The second kappa shape index (κ2) is 4.44. The number of aromatic hydroxyl groups is 1. The van der Waals surface area contributed by atoms with E-state index in [0.717, 1.165) is 13.2 Å². The van der Waals surface area contributed by atoms with Gasteiger partial charge in [-0.2, -0.15) is 4.39 Å². The van der Waals surface area contributed by atoms with Crippen molar-refractivity contribution < 1.29 is 24.0 Å². The van der Waals surface area contributed by atoms with Crippen LogP contribution in [0.2, 0.25) is 0 Å². The maximum Gasteiger partial charge on any atom is 0.348 e. The van der Waals surface area contributed by atoms with E-state index in [-0.39, 0.29) is 4.47 Å². The normalized spacial score (nSPS) is 9.94. The topological polar surface area (TPSA) is 89.7 Å². The molecule has 0 radical (unpaired) electrons. The molecule has 0 atom stereocenters. The van der Waals surface area contributed by atoms with Crippen LogP contribution in [0.15, 0.2) is 10.5 Å². The van der Waals surface area contributed by atoms with Crippen molar-refractivity contribution >= 4 is 27.6 Å². The van der Waals surface area contributed by atoms with E-state index in [1.54, 1.807) is 0 Å². The predicted molar refractivity (Wildman–Crippen MR) is 53.8 cm³/mol. The zero-order valence-electron chi connectivity index (χ0n) is 7.86. The molecular weight excluding hydrogens is 289 g/mol. The molecule has 1 aromatic rings. The Kier molecular flexibility index (Phi) is 3.43. The number of carbonyl (C=O) groups excluding carboxylic acids is 1. The van der Waals surface area contributed by atoms with Crippen molar-refractivity contribution in [2.45, 2.75) is 0 Å². The lowest BCUT2D eigenvalue weighted by Gasteiger charge is -2.04. The zero-order chi connectivity index (χ0) is 12.5. The van der Waals surface area contributed by atoms with Crippen LogP contribution >= 0.6 is 15.9 Å². The summed E-state index contributed by atoms with van der Waals surface area (Å²) in [5, 5.41) is 19.7. The van der Waals surface area contributed by atoms with Gasteiger partial charge in [-0.15, -0.1) is 0 Å². The Morgan fingerprint density at radius 2 is 2.25 bits per heavy atom. The van der Waals surface area contributed by atoms with Crippen molar-refractivity contribution in [2.24, 2.45) is 0 Å². The number of phenolic OH excluding ortho intramolecular Hbond substituents is 1. The molecule has 8 heteroatoms. The molecule has 0 spiro atoms. The van der Waals surface area contributed by atoms with Gasteiger partial charge in [-0.05, 0) is 22.0 Å². The molecule has 0 fully saturated rings. The van der Waals surface area contributed by atoms with Gasteiger partial charge in [0, 0.05) is 0 Å². The van der Waals surface area contributed by atoms with Crippen molar-refractivity contribution in [1.29, 1.82) is 0 Å². The van der Waals surface area contributed by atoms with E-state index in [1.807, 2.05) is 0 Å². The molecule has 1 aromatic carbocycles. The fourth-order valence-corrected chi connectivity index (χ4v) is 1.44. The molecule has 1 rings (SSSR count). The van der Waals surface area contributed by atoms with E-state index in [4.69, 9.17) is 0 Å². The molecule has 0 aromatic heterocycles. The summed E-state index contributed by atoms with van der Waals surface area (Å²) >= 11 is 2.77. The van der Waals surface area contributed by atoms with Crippen LogP contribution in [0.4, 0.5) is 10.1 Å². The number of ether oxygens (including phenoxy) is 1. The molecule has 16 heavy (non-hydrogen) atoms. The lowest BCUT2D eigenvalue weighted by molar-refractivity contribution is -0.388. The molecule has 0 saturated heterocycles. The number of esters is 1. The summed E-state index contributed by atoms with van der Waals surface area (Å²) in [6.07, 6.45) is 0. The fraction of sp³-hybridized carbons (Fsp3) is 0.125. The first-order valence-corrected chi connectivity index (χ1v) is 4.63. The molecule has 0 saturated carbocycles. The van der Waals surface area contributed by atoms with Gasteiger partial charge in [0.15, 0.2) is 0 Å². The molecule has 0 amide bonds. The number of halogens is 2. The number of hydrogen-bond donors (Lipinski definition) is 1. The van der Waals surface area contributed by atoms with Crippen LogP contribution in [0.25, 0.3) is 0 Å². The quantitative estimate of drug-likeness (QED) is 0.512. The third kappa shape index (κ3) is 1.96. The molecule has 0 aliphatic heterocycles. The molecule has 0 heterocycles. The summed E-state index contributed by atoms with van der Waals surface area (Å²) in [6.45, 7) is 0. The van der Waals surface area contributed by atoms with Crippen LogP contribution in [0.1, 0.15) is 10.4 Å². The molecule has 6 nitrogen and oxygen atoms in total. The number of benzene rings is 1. The van der Waals surface area contributed by atoms with Gasteiger partial charge in [0.05, 0.1) is 16.5 Å². The number of nitrogens with zero attached hydrogens (tertiary/aromatic N) is 1. The lowest BCUT2D eigenvalue weighted by Crippen LogP contribution is -2.07. The second-order valence-corrected chi connectivity index (χ2v) is 3.52. The Labute approximate surface area is 96.9 Å². The highest BCUT2D eigenvalue weighted by Gasteiger charge is 2.29. The first kappa shape index (κ1) is 12.4. The minimum Gasteiger partial charge on any atom is -0.501 e. The largest absolute Gasteiger partial charge is 0.501 e. The van der Waals surface area contributed by atoms with Gasteiger partial charge in [-0.1, -0.05) is 0 Å². The number of phenols is 1. The highest BCUT2D eigenvalue weighted by molar-refractivity contribution is 9.10. The van der Waals surface area contributed by atoms with E-state index >= 15 is 0 Å². The van der Waals surface area contributed by atoms with E-state index in [0.29, 0.717) is 0 Å². The second-order valence-electron chi connectivity index (χ2n) is 2.67. The van der Waals surface area contributed by atoms with Crippen LogP contribution in [0, 0.1) is 15.9 Å². The van der Waals surface area contributed by atoms with Gasteiger partial charge in [-0.3, -0.25) is 10.1 Å². The number of nitro benzene ring substituents is 1. The molecular formula is C8H5BrFNO5. The summed E-state index contributed by atoms with van der Waals surface area (Å²) in [5.41, 5.74) is -1.80. The van der Waals surface area contributed by atoms with Gasteiger partial charge >= 0.3 is 11.7 Å². The minimum absolute atomic E-state index is 0.166. The molecule has 0 aliphatic carbocycles. The average Bonchev–Trinajstić information content (AvgIpc) is 2.22. The summed E-state index contributed by atoms with van der Waals surface area (Å²) in [6, 6.07) is 0.906. The van der Waals surface area contributed by atoms with E-state index in [2.05, 4.69) is 20.7 Å². The Bertz CT molecular complexity index is 476. The molecule has 1 N–H and O–H groups in total. The highest BCUT2D eigenvalue weighted by Crippen LogP contribution is 2.38. The molecule has 86 valence electrons. The van der Waals surface area contributed by atoms with Crippen LogP contribution in [0.3, 0.4) is 0 Å². The van der Waals surface area contributed by atoms with Gasteiger partial charge in [0.25, 0.3) is 0 Å². The van der Waals surface area contributed by atoms with E-state index in [1.165, 1.54) is 0 Å². The summed E-state index contributed by atoms with van der Waals surface area (Å²) in [5.74, 6) is -3.38. The Morgan fingerprint density at radius 3 is 2.69 bits per heavy atom. The van der Waals surface area contributed by atoms with Crippen LogP contribution < -0.4 is 0 Å². The van der Waals surface area contributed by atoms with Crippen LogP contribution in [0.5, 0.6) is 5.75 Å². The van der Waals surface area contributed by atoms with Gasteiger partial charge in [0.1, 0.15) is 5.56 Å². The standard InChI is InChI=1S/C8H5BrFNO5/c1-16-8(13)3-2-4(9)7(12)6(5(3)10)11(14)15/h2,12H,1H3. The predicted octanol–water partition coefficient (Wildman–Crippen LogP) is 1.99. The minimum atomic E-state index is -1.43. The van der Waals surface area contributed by atoms with Gasteiger partial charge in [-0.25, -0.2) is 4.79 Å². The van der Waals surface area contributed by atoms with Crippen molar-refractivity contribution in [3.63, 3.8) is 0 Å². The Balaban J connectivity index is 3.56. The average molecular weight is 294 g/mol. The first-order valence-electron chi connectivity index (χ1n) is 3.83.